The number of pyridine rings is 1. The average Bonchev–Trinajstić information content (AvgIpc) is 3.11. The van der Waals surface area contributed by atoms with Gasteiger partial charge in [0.2, 0.25) is 5.91 Å². The predicted molar refractivity (Wildman–Crippen MR) is 131 cm³/mol. The molecule has 0 bridgehead atoms. The van der Waals surface area contributed by atoms with Gasteiger partial charge in [0.25, 0.3) is 5.69 Å². The lowest BCUT2D eigenvalue weighted by Gasteiger charge is -2.38. The van der Waals surface area contributed by atoms with E-state index in [-0.39, 0.29) is 54.9 Å². The number of aliphatic hydroxyl groups is 1. The van der Waals surface area contributed by atoms with Gasteiger partial charge in [-0.25, -0.2) is 9.36 Å². The lowest BCUT2D eigenvalue weighted by Crippen LogP contribution is -3.00. The van der Waals surface area contributed by atoms with Gasteiger partial charge in [0.15, 0.2) is 18.9 Å². The highest BCUT2D eigenvalue weighted by atomic mass is 35.5. The summed E-state index contributed by atoms with van der Waals surface area (Å²) in [6, 6.07) is 9.75. The van der Waals surface area contributed by atoms with Crippen molar-refractivity contribution >= 4 is 41.1 Å². The molecule has 9 nitrogen and oxygen atoms in total. The van der Waals surface area contributed by atoms with Crippen LogP contribution in [0, 0.1) is 16.0 Å². The first kappa shape index (κ1) is 28.0. The van der Waals surface area contributed by atoms with Crippen molar-refractivity contribution in [3.63, 3.8) is 0 Å². The van der Waals surface area contributed by atoms with Crippen molar-refractivity contribution in [2.24, 2.45) is 5.92 Å². The molecule has 2 aromatic rings. The van der Waals surface area contributed by atoms with E-state index in [9.17, 15) is 24.8 Å². The minimum atomic E-state index is -0.596. The normalized spacial score (nSPS) is 18.4. The summed E-state index contributed by atoms with van der Waals surface area (Å²) in [6.45, 7) is 0.620. The maximum atomic E-state index is 13.1. The molecular weight excluding hydrogens is 526 g/mol. The van der Waals surface area contributed by atoms with Gasteiger partial charge >= 0.3 is 5.97 Å². The van der Waals surface area contributed by atoms with E-state index in [0.717, 1.165) is 11.4 Å². The highest BCUT2D eigenvalue weighted by molar-refractivity contribution is 8.03. The molecular formula is C24H26ClN3O6S2. The first-order chi connectivity index (χ1) is 16.9. The van der Waals surface area contributed by atoms with Crippen LogP contribution in [0.1, 0.15) is 18.4 Å². The molecule has 0 spiro atoms. The zero-order valence-corrected chi connectivity index (χ0v) is 21.9. The molecule has 12 heteroatoms. The third kappa shape index (κ3) is 6.03. The van der Waals surface area contributed by atoms with Gasteiger partial charge in [-0.1, -0.05) is 0 Å². The number of hydrogen-bond donors (Lipinski definition) is 1. The fourth-order valence-electron chi connectivity index (χ4n) is 4.28. The molecule has 1 saturated heterocycles. The monoisotopic (exact) mass is 551 g/mol. The smallest absolute Gasteiger partial charge is 0.356 e. The van der Waals surface area contributed by atoms with Crippen LogP contribution in [0.3, 0.4) is 0 Å². The number of aromatic nitrogens is 1. The van der Waals surface area contributed by atoms with Crippen molar-refractivity contribution in [3.05, 3.63) is 75.1 Å². The topological polar surface area (TPSA) is 114 Å². The van der Waals surface area contributed by atoms with Gasteiger partial charge in [0.05, 0.1) is 16.7 Å². The number of rotatable bonds is 11. The fourth-order valence-corrected chi connectivity index (χ4v) is 6.00. The van der Waals surface area contributed by atoms with E-state index >= 15 is 0 Å². The summed E-state index contributed by atoms with van der Waals surface area (Å²) in [5.41, 5.74) is 0.832. The highest BCUT2D eigenvalue weighted by Crippen LogP contribution is 2.48. The number of benzene rings is 1. The highest BCUT2D eigenvalue weighted by Gasteiger charge is 2.53. The van der Waals surface area contributed by atoms with Crippen molar-refractivity contribution in [3.8, 4) is 0 Å². The van der Waals surface area contributed by atoms with Gasteiger partial charge in [-0.3, -0.25) is 14.9 Å². The standard InChI is InChI=1S/C24H26N3O6S2.ClH/c1-34-18-6-9-25(10-7-18)11-13-35-23-19(8-12-28)20-14-21(29)26(20)22(23)24(30)33-15-16-2-4-17(5-3-16)27(31)32;/h2-7,9-10,19-20,28H,8,11-15H2,1H3;1H/q+1;/p-1/t19?,20-;/m1./s1. The van der Waals surface area contributed by atoms with Crippen molar-refractivity contribution < 1.29 is 41.3 Å². The Labute approximate surface area is 223 Å². The molecule has 192 valence electrons. The summed E-state index contributed by atoms with van der Waals surface area (Å²) in [7, 11) is 0. The maximum absolute atomic E-state index is 13.1. The number of nitrogens with zero attached hydrogens (tertiary/aromatic N) is 3. The van der Waals surface area contributed by atoms with Gasteiger partial charge in [0, 0.05) is 53.0 Å². The SMILES string of the molecule is CSc1cc[n+](CCSC2=C(C(=O)OCc3ccc([N+](=O)[O-])cc3)N3C(=O)C[C@@H]3C2CCO)cc1.[Cl-]. The summed E-state index contributed by atoms with van der Waals surface area (Å²) < 4.78 is 7.58. The van der Waals surface area contributed by atoms with Crippen molar-refractivity contribution in [1.82, 2.24) is 4.90 Å². The van der Waals surface area contributed by atoms with Gasteiger partial charge < -0.3 is 27.2 Å². The Hall–Kier alpha value is -2.60. The van der Waals surface area contributed by atoms with Gasteiger partial charge in [-0.15, -0.1) is 23.5 Å². The Balaban J connectivity index is 0.00000361. The van der Waals surface area contributed by atoms with E-state index in [1.165, 1.54) is 45.8 Å². The summed E-state index contributed by atoms with van der Waals surface area (Å²) in [4.78, 5) is 39.3. The van der Waals surface area contributed by atoms with E-state index in [1.807, 2.05) is 30.8 Å². The lowest BCUT2D eigenvalue weighted by atomic mass is 9.90. The van der Waals surface area contributed by atoms with Crippen LogP contribution >= 0.6 is 23.5 Å². The number of hydrogen-bond acceptors (Lipinski definition) is 8. The molecule has 1 aromatic heterocycles. The van der Waals surface area contributed by atoms with E-state index in [1.54, 1.807) is 11.8 Å². The van der Waals surface area contributed by atoms with E-state index in [0.29, 0.717) is 24.2 Å². The molecule has 36 heavy (non-hydrogen) atoms. The summed E-state index contributed by atoms with van der Waals surface area (Å²) in [6.07, 6.45) is 6.86. The first-order valence-electron chi connectivity index (χ1n) is 11.2. The number of halogens is 1. The fraction of sp³-hybridized carbons (Fsp3) is 0.375. The molecule has 2 atom stereocenters. The van der Waals surface area contributed by atoms with Crippen LogP contribution in [0.15, 0.2) is 64.3 Å². The maximum Gasteiger partial charge on any atom is 0.356 e. The van der Waals surface area contributed by atoms with E-state index in [2.05, 4.69) is 4.57 Å². The summed E-state index contributed by atoms with van der Waals surface area (Å²) in [5.74, 6) is -0.137. The number of nitro groups is 1. The number of esters is 1. The molecule has 0 aliphatic carbocycles. The Kier molecular flexibility index (Phi) is 9.77. The lowest BCUT2D eigenvalue weighted by molar-refractivity contribution is -0.692. The van der Waals surface area contributed by atoms with Crippen molar-refractivity contribution in [1.29, 1.82) is 0 Å². The Morgan fingerprint density at radius 2 is 1.94 bits per heavy atom. The number of aliphatic hydroxyl groups excluding tert-OH is 1. The number of carbonyl (C=O) groups is 2. The number of non-ortho nitro benzene ring substituents is 1. The Morgan fingerprint density at radius 1 is 1.25 bits per heavy atom. The van der Waals surface area contributed by atoms with Crippen LogP contribution in [0.2, 0.25) is 0 Å². The molecule has 2 aliphatic rings. The van der Waals surface area contributed by atoms with Gasteiger partial charge in [-0.05, 0) is 30.4 Å². The van der Waals surface area contributed by atoms with Gasteiger partial charge in [-0.2, -0.15) is 0 Å². The van der Waals surface area contributed by atoms with Crippen molar-refractivity contribution in [2.45, 2.75) is 36.9 Å². The van der Waals surface area contributed by atoms with Gasteiger partial charge in [0.1, 0.15) is 12.3 Å². The molecule has 4 rings (SSSR count). The molecule has 1 N–H and O–H groups in total. The average molecular weight is 552 g/mol. The van der Waals surface area contributed by atoms with Crippen LogP contribution in [-0.4, -0.2) is 51.5 Å². The predicted octanol–water partition coefficient (Wildman–Crippen LogP) is -0.0905. The van der Waals surface area contributed by atoms with Crippen LogP contribution in [0.4, 0.5) is 5.69 Å². The van der Waals surface area contributed by atoms with Crippen LogP contribution < -0.4 is 17.0 Å². The first-order valence-corrected chi connectivity index (χ1v) is 13.4. The number of thioether (sulfide) groups is 2. The van der Waals surface area contributed by atoms with E-state index < -0.39 is 10.9 Å². The number of ether oxygens (including phenoxy) is 1. The van der Waals surface area contributed by atoms with E-state index in [4.69, 9.17) is 4.74 Å². The minimum absolute atomic E-state index is 0. The van der Waals surface area contributed by atoms with Crippen LogP contribution in [0.25, 0.3) is 0 Å². The molecule has 0 saturated carbocycles. The molecule has 3 heterocycles. The number of β-lactam (4-membered cyclic amide) rings is 1. The summed E-state index contributed by atoms with van der Waals surface area (Å²) >= 11 is 3.20. The summed E-state index contributed by atoms with van der Waals surface area (Å²) in [5, 5.41) is 20.5. The Morgan fingerprint density at radius 3 is 2.53 bits per heavy atom. The molecule has 1 aromatic carbocycles. The zero-order chi connectivity index (χ0) is 24.9. The van der Waals surface area contributed by atoms with Crippen LogP contribution in [-0.2, 0) is 27.5 Å². The molecule has 2 aliphatic heterocycles. The van der Waals surface area contributed by atoms with Crippen molar-refractivity contribution in [2.75, 3.05) is 18.6 Å². The third-order valence-electron chi connectivity index (χ3n) is 6.11. The number of aryl methyl sites for hydroxylation is 1. The molecule has 0 radical (unpaired) electrons. The number of fused-ring (bicyclic) bond motifs is 1. The second kappa shape index (κ2) is 12.6. The number of carbonyl (C=O) groups excluding carboxylic acids is 2. The number of nitro benzene ring substituents is 1. The third-order valence-corrected chi connectivity index (χ3v) is 8.05. The Bertz CT molecular complexity index is 1140. The largest absolute Gasteiger partial charge is 1.00 e. The second-order valence-corrected chi connectivity index (χ2v) is 10.2. The quantitative estimate of drug-likeness (QED) is 0.103. The number of amides is 1. The second-order valence-electron chi connectivity index (χ2n) is 8.19. The molecule has 1 amide bonds. The van der Waals surface area contributed by atoms with Crippen LogP contribution in [0.5, 0.6) is 0 Å². The zero-order valence-electron chi connectivity index (χ0n) is 19.5. The minimum Gasteiger partial charge on any atom is -1.00 e. The molecule has 1 unspecified atom stereocenters. The molecule has 1 fully saturated rings.